The lowest BCUT2D eigenvalue weighted by Gasteiger charge is -2.38. The molecule has 1 aliphatic rings. The number of alkyl halides is 2. The van der Waals surface area contributed by atoms with Crippen LogP contribution < -0.4 is 0 Å². The molecule has 1 rings (SSSR count). The van der Waals surface area contributed by atoms with Gasteiger partial charge >= 0.3 is 0 Å². The van der Waals surface area contributed by atoms with Crippen molar-refractivity contribution in [3.05, 3.63) is 0 Å². The molecular formula is C7H11F2NO. The molecule has 0 atom stereocenters. The lowest BCUT2D eigenvalue weighted by Crippen LogP contribution is -2.49. The van der Waals surface area contributed by atoms with Crippen molar-refractivity contribution in [2.24, 2.45) is 5.92 Å². The molecule has 0 saturated carbocycles. The summed E-state index contributed by atoms with van der Waals surface area (Å²) in [4.78, 5) is 12.2. The van der Waals surface area contributed by atoms with Gasteiger partial charge in [-0.2, -0.15) is 0 Å². The molecule has 0 aromatic carbocycles. The van der Waals surface area contributed by atoms with Crippen LogP contribution in [0.25, 0.3) is 0 Å². The van der Waals surface area contributed by atoms with Crippen molar-refractivity contribution in [1.82, 2.24) is 4.90 Å². The summed E-state index contributed by atoms with van der Waals surface area (Å²) in [5.41, 5.74) is 0. The number of carbonyl (C=O) groups is 1. The fourth-order valence-corrected chi connectivity index (χ4v) is 1.23. The number of amides is 1. The van der Waals surface area contributed by atoms with Crippen molar-refractivity contribution in [3.63, 3.8) is 0 Å². The minimum Gasteiger partial charge on any atom is -0.342 e. The van der Waals surface area contributed by atoms with Gasteiger partial charge in [-0.25, -0.2) is 8.78 Å². The zero-order valence-corrected chi connectivity index (χ0v) is 6.39. The molecule has 1 aliphatic heterocycles. The minimum absolute atomic E-state index is 0.0180. The predicted octanol–water partition coefficient (Wildman–Crippen LogP) is 1.12. The minimum atomic E-state index is -2.23. The van der Waals surface area contributed by atoms with Crippen molar-refractivity contribution in [1.29, 1.82) is 0 Å². The van der Waals surface area contributed by atoms with Crippen LogP contribution in [0.2, 0.25) is 0 Å². The van der Waals surface area contributed by atoms with E-state index in [0.29, 0.717) is 13.1 Å². The second-order valence-corrected chi connectivity index (χ2v) is 2.92. The van der Waals surface area contributed by atoms with Crippen LogP contribution in [-0.2, 0) is 4.79 Å². The molecule has 0 N–H and O–H groups in total. The van der Waals surface area contributed by atoms with E-state index in [-0.39, 0.29) is 18.2 Å². The molecule has 1 fully saturated rings. The van der Waals surface area contributed by atoms with Crippen LogP contribution in [0.1, 0.15) is 13.3 Å². The van der Waals surface area contributed by atoms with Gasteiger partial charge in [0.1, 0.15) is 0 Å². The van der Waals surface area contributed by atoms with Crippen LogP contribution >= 0.6 is 0 Å². The van der Waals surface area contributed by atoms with Gasteiger partial charge in [-0.3, -0.25) is 4.79 Å². The van der Waals surface area contributed by atoms with Gasteiger partial charge in [0.15, 0.2) is 0 Å². The molecule has 0 aliphatic carbocycles. The average molecular weight is 163 g/mol. The summed E-state index contributed by atoms with van der Waals surface area (Å²) in [6.07, 6.45) is -2.29. The summed E-state index contributed by atoms with van der Waals surface area (Å²) in [6, 6.07) is 0. The van der Waals surface area contributed by atoms with Gasteiger partial charge in [-0.1, -0.05) is 0 Å². The number of halogens is 2. The van der Waals surface area contributed by atoms with Crippen LogP contribution in [0.4, 0.5) is 8.78 Å². The molecule has 0 radical (unpaired) electrons. The Morgan fingerprint density at radius 2 is 2.18 bits per heavy atom. The fourth-order valence-electron chi connectivity index (χ4n) is 1.23. The molecule has 4 heteroatoms. The highest BCUT2D eigenvalue weighted by Crippen LogP contribution is 2.21. The van der Waals surface area contributed by atoms with Gasteiger partial charge in [0, 0.05) is 26.4 Å². The van der Waals surface area contributed by atoms with E-state index in [2.05, 4.69) is 0 Å². The highest BCUT2D eigenvalue weighted by molar-refractivity contribution is 5.74. The Morgan fingerprint density at radius 1 is 1.64 bits per heavy atom. The first-order chi connectivity index (χ1) is 5.09. The summed E-state index contributed by atoms with van der Waals surface area (Å²) in [6.45, 7) is 2.48. The Hall–Kier alpha value is -0.670. The average Bonchev–Trinajstić information content (AvgIpc) is 1.75. The lowest BCUT2D eigenvalue weighted by atomic mass is 9.97. The van der Waals surface area contributed by atoms with Gasteiger partial charge in [0.05, 0.1) is 0 Å². The number of rotatable bonds is 2. The van der Waals surface area contributed by atoms with E-state index in [9.17, 15) is 13.6 Å². The maximum atomic E-state index is 11.7. The van der Waals surface area contributed by atoms with Crippen molar-refractivity contribution in [2.75, 3.05) is 13.1 Å². The van der Waals surface area contributed by atoms with Crippen LogP contribution in [-0.4, -0.2) is 30.3 Å². The molecule has 0 aromatic rings. The first-order valence-electron chi connectivity index (χ1n) is 3.63. The summed E-state index contributed by atoms with van der Waals surface area (Å²) in [5, 5.41) is 0. The second-order valence-electron chi connectivity index (χ2n) is 2.92. The maximum Gasteiger partial charge on any atom is 0.239 e. The quantitative estimate of drug-likeness (QED) is 0.597. The molecule has 1 amide bonds. The number of likely N-dealkylation sites (tertiary alicyclic amines) is 1. The van der Waals surface area contributed by atoms with E-state index in [1.807, 2.05) is 0 Å². The van der Waals surface area contributed by atoms with Crippen LogP contribution in [0.5, 0.6) is 0 Å². The standard InChI is InChI=1S/C7H11F2NO/c1-5(11)10-3-6(4-10)2-7(8)9/h6-7H,2-4H2,1H3. The predicted molar refractivity (Wildman–Crippen MR) is 36.4 cm³/mol. The monoisotopic (exact) mass is 163 g/mol. The van der Waals surface area contributed by atoms with Gasteiger partial charge in [-0.15, -0.1) is 0 Å². The molecule has 2 nitrogen and oxygen atoms in total. The highest BCUT2D eigenvalue weighted by Gasteiger charge is 2.30. The molecule has 0 bridgehead atoms. The topological polar surface area (TPSA) is 20.3 Å². The van der Waals surface area contributed by atoms with Crippen LogP contribution in [0, 0.1) is 5.92 Å². The normalized spacial score (nSPS) is 18.7. The zero-order chi connectivity index (χ0) is 8.43. The van der Waals surface area contributed by atoms with Crippen molar-refractivity contribution < 1.29 is 13.6 Å². The summed E-state index contributed by atoms with van der Waals surface area (Å²) in [7, 11) is 0. The van der Waals surface area contributed by atoms with Crippen LogP contribution in [0.15, 0.2) is 0 Å². The Labute approximate surface area is 64.2 Å². The Bertz CT molecular complexity index is 155. The molecule has 11 heavy (non-hydrogen) atoms. The lowest BCUT2D eigenvalue weighted by molar-refractivity contribution is -0.136. The third kappa shape index (κ3) is 2.13. The molecule has 0 spiro atoms. The maximum absolute atomic E-state index is 11.7. The Balaban J connectivity index is 2.14. The molecule has 64 valence electrons. The van der Waals surface area contributed by atoms with Crippen molar-refractivity contribution in [2.45, 2.75) is 19.8 Å². The Kier molecular flexibility index (Phi) is 2.42. The van der Waals surface area contributed by atoms with E-state index < -0.39 is 6.43 Å². The molecule has 0 unspecified atom stereocenters. The number of hydrogen-bond donors (Lipinski definition) is 0. The zero-order valence-electron chi connectivity index (χ0n) is 6.39. The van der Waals surface area contributed by atoms with E-state index in [1.165, 1.54) is 6.92 Å². The number of carbonyl (C=O) groups excluding carboxylic acids is 1. The fraction of sp³-hybridized carbons (Fsp3) is 0.857. The van der Waals surface area contributed by atoms with E-state index >= 15 is 0 Å². The first-order valence-corrected chi connectivity index (χ1v) is 3.63. The van der Waals surface area contributed by atoms with E-state index in [1.54, 1.807) is 4.90 Å². The molecule has 1 saturated heterocycles. The highest BCUT2D eigenvalue weighted by atomic mass is 19.3. The molecular weight excluding hydrogens is 152 g/mol. The third-order valence-corrected chi connectivity index (χ3v) is 1.91. The van der Waals surface area contributed by atoms with Gasteiger partial charge in [-0.05, 0) is 5.92 Å². The molecule has 0 aromatic heterocycles. The smallest absolute Gasteiger partial charge is 0.239 e. The number of hydrogen-bond acceptors (Lipinski definition) is 1. The summed E-state index contributed by atoms with van der Waals surface area (Å²) >= 11 is 0. The van der Waals surface area contributed by atoms with Crippen molar-refractivity contribution >= 4 is 5.91 Å². The van der Waals surface area contributed by atoms with Gasteiger partial charge in [0.2, 0.25) is 12.3 Å². The van der Waals surface area contributed by atoms with Crippen molar-refractivity contribution in [3.8, 4) is 0 Å². The first kappa shape index (κ1) is 8.43. The SMILES string of the molecule is CC(=O)N1CC(CC(F)F)C1. The van der Waals surface area contributed by atoms with Gasteiger partial charge < -0.3 is 4.90 Å². The Morgan fingerprint density at radius 3 is 2.55 bits per heavy atom. The van der Waals surface area contributed by atoms with Crippen LogP contribution in [0.3, 0.4) is 0 Å². The van der Waals surface area contributed by atoms with E-state index in [0.717, 1.165) is 0 Å². The van der Waals surface area contributed by atoms with Gasteiger partial charge in [0.25, 0.3) is 0 Å². The largest absolute Gasteiger partial charge is 0.342 e. The third-order valence-electron chi connectivity index (χ3n) is 1.91. The molecule has 1 heterocycles. The van der Waals surface area contributed by atoms with E-state index in [4.69, 9.17) is 0 Å². The number of nitrogens with zero attached hydrogens (tertiary/aromatic N) is 1. The summed E-state index contributed by atoms with van der Waals surface area (Å²) < 4.78 is 23.5. The second kappa shape index (κ2) is 3.15. The summed E-state index contributed by atoms with van der Waals surface area (Å²) in [5.74, 6) is 0.00872.